The molecule has 0 fully saturated rings. The molecule has 0 aliphatic rings. The van der Waals surface area contributed by atoms with Crippen LogP contribution in [0.3, 0.4) is 0 Å². The van der Waals surface area contributed by atoms with Crippen LogP contribution in [-0.2, 0) is 11.2 Å². The Kier molecular flexibility index (Phi) is 5.27. The molecule has 0 aliphatic heterocycles. The number of benzene rings is 1. The van der Waals surface area contributed by atoms with E-state index in [4.69, 9.17) is 0 Å². The standard InChI is InChI=1S/C15H18O/c1-3-13(2)8-7-11-15(16)12-14-9-5-4-6-10-14/h4-11H,3,12H2,1-2H3/b11-7+,13-8-. The van der Waals surface area contributed by atoms with Crippen molar-refractivity contribution in [1.29, 1.82) is 0 Å². The first kappa shape index (κ1) is 12.4. The predicted octanol–water partition coefficient (Wildman–Crippen LogP) is 3.71. The van der Waals surface area contributed by atoms with Gasteiger partial charge in [-0.2, -0.15) is 0 Å². The summed E-state index contributed by atoms with van der Waals surface area (Å²) in [6, 6.07) is 9.80. The predicted molar refractivity (Wildman–Crippen MR) is 68.3 cm³/mol. The largest absolute Gasteiger partial charge is 0.294 e. The average Bonchev–Trinajstić information content (AvgIpc) is 2.30. The fourth-order valence-electron chi connectivity index (χ4n) is 1.29. The zero-order chi connectivity index (χ0) is 11.8. The molecule has 0 aliphatic carbocycles. The summed E-state index contributed by atoms with van der Waals surface area (Å²) in [6.45, 7) is 4.16. The molecule has 1 rings (SSSR count). The SMILES string of the molecule is CC/C(C)=C\C=C\C(=O)Cc1ccccc1. The molecule has 0 saturated heterocycles. The van der Waals surface area contributed by atoms with Gasteiger partial charge < -0.3 is 0 Å². The first-order chi connectivity index (χ1) is 7.72. The topological polar surface area (TPSA) is 17.1 Å². The number of ketones is 1. The van der Waals surface area contributed by atoms with Crippen LogP contribution in [0.1, 0.15) is 25.8 Å². The molecule has 1 aromatic rings. The Bertz CT molecular complexity index is 385. The maximum Gasteiger partial charge on any atom is 0.160 e. The smallest absolute Gasteiger partial charge is 0.160 e. The molecule has 0 N–H and O–H groups in total. The van der Waals surface area contributed by atoms with Gasteiger partial charge in [-0.25, -0.2) is 0 Å². The van der Waals surface area contributed by atoms with Gasteiger partial charge in [-0.1, -0.05) is 55.0 Å². The second-order valence-electron chi connectivity index (χ2n) is 3.85. The van der Waals surface area contributed by atoms with Gasteiger partial charge in [0, 0.05) is 6.42 Å². The van der Waals surface area contributed by atoms with Crippen LogP contribution in [0.2, 0.25) is 0 Å². The maximum absolute atomic E-state index is 11.6. The van der Waals surface area contributed by atoms with Crippen LogP contribution in [0.15, 0.2) is 54.1 Å². The van der Waals surface area contributed by atoms with Gasteiger partial charge in [0.05, 0.1) is 0 Å². The molecule has 0 unspecified atom stereocenters. The Morgan fingerprint density at radius 1 is 1.25 bits per heavy atom. The molecule has 0 aromatic heterocycles. The summed E-state index contributed by atoms with van der Waals surface area (Å²) in [6.07, 6.45) is 6.98. The molecule has 0 spiro atoms. The maximum atomic E-state index is 11.6. The zero-order valence-corrected chi connectivity index (χ0v) is 9.94. The number of rotatable bonds is 5. The van der Waals surface area contributed by atoms with Crippen LogP contribution < -0.4 is 0 Å². The third-order valence-electron chi connectivity index (χ3n) is 2.44. The van der Waals surface area contributed by atoms with Crippen molar-refractivity contribution >= 4 is 5.78 Å². The first-order valence-corrected chi connectivity index (χ1v) is 5.63. The normalized spacial score (nSPS) is 12.0. The Hall–Kier alpha value is -1.63. The summed E-state index contributed by atoms with van der Waals surface area (Å²) in [4.78, 5) is 11.6. The molecule has 0 bridgehead atoms. The molecule has 0 saturated carbocycles. The second kappa shape index (κ2) is 6.78. The molecule has 0 amide bonds. The minimum Gasteiger partial charge on any atom is -0.294 e. The summed E-state index contributed by atoms with van der Waals surface area (Å²) < 4.78 is 0. The average molecular weight is 214 g/mol. The van der Waals surface area contributed by atoms with Gasteiger partial charge in [-0.05, 0) is 25.0 Å². The van der Waals surface area contributed by atoms with Crippen molar-refractivity contribution in [3.63, 3.8) is 0 Å². The van der Waals surface area contributed by atoms with Gasteiger partial charge in [0.15, 0.2) is 5.78 Å². The quantitative estimate of drug-likeness (QED) is 0.539. The van der Waals surface area contributed by atoms with Crippen molar-refractivity contribution in [3.8, 4) is 0 Å². The Labute approximate surface area is 97.5 Å². The monoisotopic (exact) mass is 214 g/mol. The van der Waals surface area contributed by atoms with Crippen molar-refractivity contribution in [3.05, 3.63) is 59.7 Å². The highest BCUT2D eigenvalue weighted by Gasteiger charge is 1.97. The molecular formula is C15H18O. The van der Waals surface area contributed by atoms with Crippen LogP contribution >= 0.6 is 0 Å². The lowest BCUT2D eigenvalue weighted by molar-refractivity contribution is -0.114. The van der Waals surface area contributed by atoms with Gasteiger partial charge in [0.1, 0.15) is 0 Å². The summed E-state index contributed by atoms with van der Waals surface area (Å²) in [5, 5.41) is 0. The number of carbonyl (C=O) groups is 1. The lowest BCUT2D eigenvalue weighted by atomic mass is 10.1. The van der Waals surface area contributed by atoms with E-state index in [1.807, 2.05) is 42.5 Å². The number of allylic oxidation sites excluding steroid dienone is 4. The molecule has 84 valence electrons. The summed E-state index contributed by atoms with van der Waals surface area (Å²) in [5.74, 6) is 0.145. The second-order valence-corrected chi connectivity index (χ2v) is 3.85. The third kappa shape index (κ3) is 4.74. The summed E-state index contributed by atoms with van der Waals surface area (Å²) in [7, 11) is 0. The van der Waals surface area contributed by atoms with E-state index in [-0.39, 0.29) is 5.78 Å². The van der Waals surface area contributed by atoms with Gasteiger partial charge in [0.2, 0.25) is 0 Å². The van der Waals surface area contributed by atoms with Crippen LogP contribution in [0.4, 0.5) is 0 Å². The number of hydrogen-bond donors (Lipinski definition) is 0. The van der Waals surface area contributed by atoms with Crippen LogP contribution in [0, 0.1) is 0 Å². The summed E-state index contributed by atoms with van der Waals surface area (Å²) in [5.41, 5.74) is 2.34. The third-order valence-corrected chi connectivity index (χ3v) is 2.44. The zero-order valence-electron chi connectivity index (χ0n) is 9.94. The van der Waals surface area contributed by atoms with Gasteiger partial charge >= 0.3 is 0 Å². The van der Waals surface area contributed by atoms with E-state index in [9.17, 15) is 4.79 Å². The number of carbonyl (C=O) groups excluding carboxylic acids is 1. The lowest BCUT2D eigenvalue weighted by Crippen LogP contribution is -1.97. The highest BCUT2D eigenvalue weighted by Crippen LogP contribution is 2.02. The van der Waals surface area contributed by atoms with Gasteiger partial charge in [0.25, 0.3) is 0 Å². The van der Waals surface area contributed by atoms with E-state index in [0.29, 0.717) is 6.42 Å². The van der Waals surface area contributed by atoms with E-state index < -0.39 is 0 Å². The fourth-order valence-corrected chi connectivity index (χ4v) is 1.29. The van der Waals surface area contributed by atoms with Crippen molar-refractivity contribution < 1.29 is 4.79 Å². The van der Waals surface area contributed by atoms with Crippen LogP contribution in [0.25, 0.3) is 0 Å². The van der Waals surface area contributed by atoms with E-state index in [2.05, 4.69) is 13.8 Å². The highest BCUT2D eigenvalue weighted by atomic mass is 16.1. The molecule has 0 radical (unpaired) electrons. The molecule has 1 nitrogen and oxygen atoms in total. The summed E-state index contributed by atoms with van der Waals surface area (Å²) >= 11 is 0. The van der Waals surface area contributed by atoms with E-state index in [0.717, 1.165) is 12.0 Å². The Balaban J connectivity index is 2.49. The molecule has 1 aromatic carbocycles. The number of hydrogen-bond acceptors (Lipinski definition) is 1. The van der Waals surface area contributed by atoms with Crippen molar-refractivity contribution in [2.24, 2.45) is 0 Å². The Morgan fingerprint density at radius 2 is 1.94 bits per heavy atom. The molecular weight excluding hydrogens is 196 g/mol. The van der Waals surface area contributed by atoms with Crippen molar-refractivity contribution in [2.75, 3.05) is 0 Å². The van der Waals surface area contributed by atoms with Crippen molar-refractivity contribution in [1.82, 2.24) is 0 Å². The van der Waals surface area contributed by atoms with Gasteiger partial charge in [-0.3, -0.25) is 4.79 Å². The lowest BCUT2D eigenvalue weighted by Gasteiger charge is -1.95. The molecule has 16 heavy (non-hydrogen) atoms. The minimum absolute atomic E-state index is 0.145. The van der Waals surface area contributed by atoms with E-state index in [1.54, 1.807) is 6.08 Å². The van der Waals surface area contributed by atoms with E-state index >= 15 is 0 Å². The highest BCUT2D eigenvalue weighted by molar-refractivity contribution is 5.91. The molecule has 0 atom stereocenters. The van der Waals surface area contributed by atoms with Crippen molar-refractivity contribution in [2.45, 2.75) is 26.7 Å². The van der Waals surface area contributed by atoms with Crippen LogP contribution in [0.5, 0.6) is 0 Å². The first-order valence-electron chi connectivity index (χ1n) is 5.63. The molecule has 0 heterocycles. The molecule has 1 heteroatoms. The van der Waals surface area contributed by atoms with E-state index in [1.165, 1.54) is 5.57 Å². The van der Waals surface area contributed by atoms with Crippen LogP contribution in [-0.4, -0.2) is 5.78 Å². The van der Waals surface area contributed by atoms with Gasteiger partial charge in [-0.15, -0.1) is 0 Å². The Morgan fingerprint density at radius 3 is 2.56 bits per heavy atom. The minimum atomic E-state index is 0.145. The fraction of sp³-hybridized carbons (Fsp3) is 0.267.